The third-order valence-electron chi connectivity index (χ3n) is 6.02. The van der Waals surface area contributed by atoms with Crippen LogP contribution in [0.15, 0.2) is 0 Å². The Hall–Kier alpha value is -0.570. The first-order valence-electron chi connectivity index (χ1n) is 8.14. The molecule has 3 fully saturated rings. The van der Waals surface area contributed by atoms with E-state index in [0.29, 0.717) is 0 Å². The lowest BCUT2D eigenvalue weighted by molar-refractivity contribution is -0.150. The Bertz CT molecular complexity index is 357. The van der Waals surface area contributed by atoms with E-state index in [9.17, 15) is 9.90 Å². The Balaban J connectivity index is 1.70. The van der Waals surface area contributed by atoms with E-state index in [-0.39, 0.29) is 0 Å². The number of carboxylic acid groups (broad SMARTS) is 1. The van der Waals surface area contributed by atoms with E-state index < -0.39 is 11.5 Å². The maximum absolute atomic E-state index is 11.8. The average molecular weight is 265 g/mol. The molecule has 1 heterocycles. The largest absolute Gasteiger partial charge is 0.480 e. The fourth-order valence-corrected chi connectivity index (χ4v) is 5.13. The summed E-state index contributed by atoms with van der Waals surface area (Å²) in [6.45, 7) is 4.16. The molecule has 108 valence electrons. The van der Waals surface area contributed by atoms with Crippen LogP contribution in [0.1, 0.15) is 58.3 Å². The summed E-state index contributed by atoms with van der Waals surface area (Å²) in [5, 5.41) is 9.73. The van der Waals surface area contributed by atoms with Crippen LogP contribution in [0, 0.1) is 17.8 Å². The van der Waals surface area contributed by atoms with Gasteiger partial charge in [-0.15, -0.1) is 0 Å². The molecule has 2 aliphatic carbocycles. The molecule has 3 aliphatic rings. The molecule has 1 N–H and O–H groups in total. The van der Waals surface area contributed by atoms with Gasteiger partial charge >= 0.3 is 5.97 Å². The number of aliphatic carboxylic acids is 1. The van der Waals surface area contributed by atoms with Crippen LogP contribution < -0.4 is 0 Å². The second-order valence-electron chi connectivity index (χ2n) is 7.07. The van der Waals surface area contributed by atoms with Crippen LogP contribution in [0.3, 0.4) is 0 Å². The van der Waals surface area contributed by atoms with Crippen molar-refractivity contribution in [1.29, 1.82) is 0 Å². The van der Waals surface area contributed by atoms with Gasteiger partial charge in [0, 0.05) is 6.54 Å². The number of carbonyl (C=O) groups is 1. The zero-order valence-corrected chi connectivity index (χ0v) is 12.1. The number of likely N-dealkylation sites (tertiary alicyclic amines) is 1. The molecule has 3 rings (SSSR count). The van der Waals surface area contributed by atoms with Crippen molar-refractivity contribution in [3.63, 3.8) is 0 Å². The van der Waals surface area contributed by atoms with Crippen molar-refractivity contribution in [3.05, 3.63) is 0 Å². The SMILES string of the molecule is CCCC1(C(=O)O)CCCN1CC1CC2CCC1C2. The van der Waals surface area contributed by atoms with Crippen molar-refractivity contribution in [2.45, 2.75) is 63.8 Å². The van der Waals surface area contributed by atoms with Crippen LogP contribution in [0.4, 0.5) is 0 Å². The minimum Gasteiger partial charge on any atom is -0.480 e. The molecule has 0 aromatic rings. The van der Waals surface area contributed by atoms with Crippen molar-refractivity contribution in [2.75, 3.05) is 13.1 Å². The van der Waals surface area contributed by atoms with Crippen molar-refractivity contribution in [3.8, 4) is 0 Å². The van der Waals surface area contributed by atoms with Crippen LogP contribution in [0.25, 0.3) is 0 Å². The van der Waals surface area contributed by atoms with E-state index in [1.165, 1.54) is 25.7 Å². The van der Waals surface area contributed by atoms with Gasteiger partial charge in [0.15, 0.2) is 0 Å². The standard InChI is InChI=1S/C16H27NO2/c1-2-6-16(15(18)19)7-3-8-17(16)11-14-10-12-4-5-13(14)9-12/h12-14H,2-11H2,1H3,(H,18,19). The molecule has 1 saturated heterocycles. The number of nitrogens with zero attached hydrogens (tertiary/aromatic N) is 1. The van der Waals surface area contributed by atoms with Crippen molar-refractivity contribution >= 4 is 5.97 Å². The van der Waals surface area contributed by atoms with E-state index in [0.717, 1.165) is 56.5 Å². The molecule has 3 nitrogen and oxygen atoms in total. The molecule has 19 heavy (non-hydrogen) atoms. The quantitative estimate of drug-likeness (QED) is 0.830. The van der Waals surface area contributed by atoms with Gasteiger partial charge in [0.25, 0.3) is 0 Å². The predicted molar refractivity (Wildman–Crippen MR) is 75.0 cm³/mol. The lowest BCUT2D eigenvalue weighted by atomic mass is 9.85. The van der Waals surface area contributed by atoms with Crippen LogP contribution >= 0.6 is 0 Å². The zero-order chi connectivity index (χ0) is 13.5. The average Bonchev–Trinajstić information content (AvgIpc) is 3.06. The molecular formula is C16H27NO2. The summed E-state index contributed by atoms with van der Waals surface area (Å²) in [7, 11) is 0. The minimum atomic E-state index is -0.574. The number of hydrogen-bond donors (Lipinski definition) is 1. The van der Waals surface area contributed by atoms with Gasteiger partial charge in [-0.2, -0.15) is 0 Å². The summed E-state index contributed by atoms with van der Waals surface area (Å²) in [5.41, 5.74) is -0.531. The summed E-state index contributed by atoms with van der Waals surface area (Å²) < 4.78 is 0. The molecule has 4 atom stereocenters. The Labute approximate surface area is 116 Å². The zero-order valence-electron chi connectivity index (χ0n) is 12.1. The second kappa shape index (κ2) is 5.08. The lowest BCUT2D eigenvalue weighted by Gasteiger charge is -2.38. The molecular weight excluding hydrogens is 238 g/mol. The van der Waals surface area contributed by atoms with Crippen molar-refractivity contribution in [1.82, 2.24) is 4.90 Å². The molecule has 0 radical (unpaired) electrons. The fraction of sp³-hybridized carbons (Fsp3) is 0.938. The molecule has 4 unspecified atom stereocenters. The van der Waals surface area contributed by atoms with Gasteiger partial charge in [-0.25, -0.2) is 0 Å². The summed E-state index contributed by atoms with van der Waals surface area (Å²) in [5.74, 6) is 2.07. The highest BCUT2D eigenvalue weighted by molar-refractivity contribution is 5.79. The Kier molecular flexibility index (Phi) is 3.59. The third-order valence-corrected chi connectivity index (χ3v) is 6.02. The van der Waals surface area contributed by atoms with Gasteiger partial charge in [-0.1, -0.05) is 19.8 Å². The number of carboxylic acids is 1. The van der Waals surface area contributed by atoms with Crippen LogP contribution in [0.5, 0.6) is 0 Å². The summed E-state index contributed by atoms with van der Waals surface area (Å²) in [6.07, 6.45) is 9.33. The van der Waals surface area contributed by atoms with Gasteiger partial charge in [0.1, 0.15) is 5.54 Å². The van der Waals surface area contributed by atoms with Crippen LogP contribution in [-0.4, -0.2) is 34.6 Å². The predicted octanol–water partition coefficient (Wildman–Crippen LogP) is 3.14. The maximum Gasteiger partial charge on any atom is 0.324 e. The van der Waals surface area contributed by atoms with Crippen molar-refractivity contribution < 1.29 is 9.90 Å². The Morgan fingerprint density at radius 1 is 1.37 bits per heavy atom. The number of fused-ring (bicyclic) bond motifs is 2. The molecule has 2 saturated carbocycles. The van der Waals surface area contributed by atoms with Gasteiger partial charge in [0.05, 0.1) is 0 Å². The van der Waals surface area contributed by atoms with Gasteiger partial charge in [-0.3, -0.25) is 9.69 Å². The van der Waals surface area contributed by atoms with Gasteiger partial charge in [0.2, 0.25) is 0 Å². The highest BCUT2D eigenvalue weighted by atomic mass is 16.4. The Morgan fingerprint density at radius 2 is 2.21 bits per heavy atom. The molecule has 0 aromatic carbocycles. The van der Waals surface area contributed by atoms with Crippen LogP contribution in [-0.2, 0) is 4.79 Å². The topological polar surface area (TPSA) is 40.5 Å². The number of rotatable bonds is 5. The summed E-state index contributed by atoms with van der Waals surface area (Å²) >= 11 is 0. The fourth-order valence-electron chi connectivity index (χ4n) is 5.13. The van der Waals surface area contributed by atoms with E-state index in [2.05, 4.69) is 11.8 Å². The monoisotopic (exact) mass is 265 g/mol. The van der Waals surface area contributed by atoms with E-state index >= 15 is 0 Å². The Morgan fingerprint density at radius 3 is 2.79 bits per heavy atom. The lowest BCUT2D eigenvalue weighted by Crippen LogP contribution is -2.52. The highest BCUT2D eigenvalue weighted by Gasteiger charge is 2.49. The summed E-state index contributed by atoms with van der Waals surface area (Å²) in [4.78, 5) is 14.2. The van der Waals surface area contributed by atoms with E-state index in [1.54, 1.807) is 0 Å². The molecule has 0 spiro atoms. The first-order valence-corrected chi connectivity index (χ1v) is 8.14. The highest BCUT2D eigenvalue weighted by Crippen LogP contribution is 2.49. The molecule has 1 aliphatic heterocycles. The molecule has 0 aromatic heterocycles. The smallest absolute Gasteiger partial charge is 0.324 e. The van der Waals surface area contributed by atoms with Gasteiger partial charge in [-0.05, 0) is 62.8 Å². The molecule has 2 bridgehead atoms. The normalized spacial score (nSPS) is 42.1. The van der Waals surface area contributed by atoms with Gasteiger partial charge < -0.3 is 5.11 Å². The summed E-state index contributed by atoms with van der Waals surface area (Å²) in [6, 6.07) is 0. The first-order chi connectivity index (χ1) is 9.15. The molecule has 0 amide bonds. The second-order valence-corrected chi connectivity index (χ2v) is 7.07. The van der Waals surface area contributed by atoms with E-state index in [1.807, 2.05) is 0 Å². The van der Waals surface area contributed by atoms with Crippen LogP contribution in [0.2, 0.25) is 0 Å². The molecule has 3 heteroatoms. The van der Waals surface area contributed by atoms with Crippen molar-refractivity contribution in [2.24, 2.45) is 17.8 Å². The van der Waals surface area contributed by atoms with E-state index in [4.69, 9.17) is 0 Å². The first kappa shape index (κ1) is 13.4. The third kappa shape index (κ3) is 2.20. The number of hydrogen-bond acceptors (Lipinski definition) is 2. The maximum atomic E-state index is 11.8. The minimum absolute atomic E-state index is 0.531.